The molecule has 0 fully saturated rings. The molecule has 0 spiro atoms. The van der Waals surface area contributed by atoms with E-state index < -0.39 is 7.12 Å². The summed E-state index contributed by atoms with van der Waals surface area (Å²) < 4.78 is 19.1. The summed E-state index contributed by atoms with van der Waals surface area (Å²) >= 11 is 0. The molecule has 1 aromatic heterocycles. The number of halogens is 1. The molecule has 8 heteroatoms. The lowest BCUT2D eigenvalue weighted by atomic mass is 9.79. The zero-order valence-corrected chi connectivity index (χ0v) is 14.0. The first kappa shape index (κ1) is 16.5. The second-order valence-corrected chi connectivity index (χ2v) is 6.03. The first-order chi connectivity index (χ1) is 12.6. The van der Waals surface area contributed by atoms with Crippen LogP contribution in [0.15, 0.2) is 48.7 Å². The van der Waals surface area contributed by atoms with Crippen molar-refractivity contribution in [3.05, 3.63) is 65.6 Å². The van der Waals surface area contributed by atoms with Gasteiger partial charge in [0.05, 0.1) is 12.3 Å². The molecule has 0 unspecified atom stereocenters. The van der Waals surface area contributed by atoms with Gasteiger partial charge in [0.1, 0.15) is 11.6 Å². The largest absolute Gasteiger partial charge is 0.491 e. The van der Waals surface area contributed by atoms with Gasteiger partial charge in [-0.3, -0.25) is 0 Å². The molecule has 3 N–H and O–H groups in total. The van der Waals surface area contributed by atoms with Crippen molar-refractivity contribution in [2.24, 2.45) is 0 Å². The molecule has 3 aromatic rings. The molecular weight excluding hydrogens is 334 g/mol. The van der Waals surface area contributed by atoms with Crippen LogP contribution in [0.2, 0.25) is 0 Å². The van der Waals surface area contributed by atoms with Crippen molar-refractivity contribution in [1.82, 2.24) is 9.97 Å². The summed E-state index contributed by atoms with van der Waals surface area (Å²) in [6, 6.07) is 11.9. The molecule has 1 aliphatic rings. The van der Waals surface area contributed by atoms with Gasteiger partial charge in [-0.15, -0.1) is 0 Å². The van der Waals surface area contributed by atoms with Crippen LogP contribution in [0.5, 0.6) is 0 Å². The molecule has 1 aliphatic heterocycles. The average molecular weight is 350 g/mol. The van der Waals surface area contributed by atoms with Crippen LogP contribution in [-0.2, 0) is 11.3 Å². The lowest BCUT2D eigenvalue weighted by Crippen LogP contribution is -2.27. The normalized spacial score (nSPS) is 12.8. The molecular formula is C18H16BFN4O2. The van der Waals surface area contributed by atoms with Crippen LogP contribution in [-0.4, -0.2) is 22.1 Å². The van der Waals surface area contributed by atoms with Crippen molar-refractivity contribution in [2.45, 2.75) is 13.5 Å². The van der Waals surface area contributed by atoms with E-state index in [0.717, 1.165) is 22.3 Å². The maximum atomic E-state index is 13.9. The predicted octanol–water partition coefficient (Wildman–Crippen LogP) is 2.63. The van der Waals surface area contributed by atoms with E-state index in [1.54, 1.807) is 24.4 Å². The molecule has 0 aliphatic carbocycles. The minimum atomic E-state index is -0.869. The van der Waals surface area contributed by atoms with Crippen molar-refractivity contribution in [3.63, 3.8) is 0 Å². The molecule has 0 amide bonds. The van der Waals surface area contributed by atoms with Gasteiger partial charge in [0.2, 0.25) is 5.95 Å². The number of rotatable bonds is 4. The van der Waals surface area contributed by atoms with Crippen LogP contribution in [0.4, 0.5) is 27.5 Å². The fourth-order valence-corrected chi connectivity index (χ4v) is 2.76. The summed E-state index contributed by atoms with van der Waals surface area (Å²) in [4.78, 5) is 8.70. The molecule has 0 saturated heterocycles. The summed E-state index contributed by atoms with van der Waals surface area (Å²) in [6.07, 6.45) is 1.67. The standard InChI is InChI=1S/C18H16BFN4O2/c1-11-9-21-18(24-17(11)23-16-5-3-2-4-15(16)20)22-13-6-7-14-12(8-13)10-26-19(14)25/h2-9,25H,10H2,1H3,(H2,21,22,23,24). The Morgan fingerprint density at radius 1 is 1.19 bits per heavy atom. The van der Waals surface area contributed by atoms with Gasteiger partial charge in [-0.25, -0.2) is 9.37 Å². The Morgan fingerprint density at radius 3 is 2.88 bits per heavy atom. The highest BCUT2D eigenvalue weighted by molar-refractivity contribution is 6.61. The lowest BCUT2D eigenvalue weighted by molar-refractivity contribution is 0.275. The van der Waals surface area contributed by atoms with Crippen molar-refractivity contribution >= 4 is 35.7 Å². The quantitative estimate of drug-likeness (QED) is 0.628. The van der Waals surface area contributed by atoms with Crippen molar-refractivity contribution in [1.29, 1.82) is 0 Å². The summed E-state index contributed by atoms with van der Waals surface area (Å²) in [5.41, 5.74) is 3.61. The first-order valence-electron chi connectivity index (χ1n) is 8.15. The van der Waals surface area contributed by atoms with Crippen LogP contribution in [0.3, 0.4) is 0 Å². The summed E-state index contributed by atoms with van der Waals surface area (Å²) in [6.45, 7) is 2.21. The summed E-state index contributed by atoms with van der Waals surface area (Å²) in [5.74, 6) is 0.554. The monoisotopic (exact) mass is 350 g/mol. The SMILES string of the molecule is Cc1cnc(Nc2ccc3c(c2)COB3O)nc1Nc1ccccc1F. The molecule has 0 saturated carbocycles. The second kappa shape index (κ2) is 6.74. The van der Waals surface area contributed by atoms with Crippen LogP contribution in [0.25, 0.3) is 0 Å². The Kier molecular flexibility index (Phi) is 4.28. The molecule has 2 heterocycles. The Balaban J connectivity index is 1.57. The third-order valence-corrected chi connectivity index (χ3v) is 4.16. The highest BCUT2D eigenvalue weighted by Crippen LogP contribution is 2.23. The average Bonchev–Trinajstić information content (AvgIpc) is 3.00. The number of para-hydroxylation sites is 1. The molecule has 6 nitrogen and oxygen atoms in total. The fraction of sp³-hybridized carbons (Fsp3) is 0.111. The van der Waals surface area contributed by atoms with Gasteiger partial charge in [0.25, 0.3) is 0 Å². The molecule has 2 aromatic carbocycles. The maximum Gasteiger partial charge on any atom is 0.491 e. The third-order valence-electron chi connectivity index (χ3n) is 4.16. The summed E-state index contributed by atoms with van der Waals surface area (Å²) in [5, 5.41) is 15.8. The molecule has 4 rings (SSSR count). The van der Waals surface area contributed by atoms with Crippen LogP contribution in [0, 0.1) is 12.7 Å². The van der Waals surface area contributed by atoms with Gasteiger partial charge in [0.15, 0.2) is 0 Å². The van der Waals surface area contributed by atoms with E-state index >= 15 is 0 Å². The Hall–Kier alpha value is -2.97. The number of aryl methyl sites for hydroxylation is 1. The smallest absolute Gasteiger partial charge is 0.423 e. The van der Waals surface area contributed by atoms with E-state index in [0.29, 0.717) is 24.1 Å². The Labute approximate surface area is 150 Å². The number of hydrogen-bond donors (Lipinski definition) is 3. The van der Waals surface area contributed by atoms with Crippen molar-refractivity contribution < 1.29 is 14.1 Å². The van der Waals surface area contributed by atoms with E-state index in [-0.39, 0.29) is 5.82 Å². The van der Waals surface area contributed by atoms with E-state index in [1.165, 1.54) is 6.07 Å². The zero-order chi connectivity index (χ0) is 18.1. The molecule has 0 radical (unpaired) electrons. The summed E-state index contributed by atoms with van der Waals surface area (Å²) in [7, 11) is -0.869. The number of aromatic nitrogens is 2. The van der Waals surface area contributed by atoms with E-state index in [9.17, 15) is 9.41 Å². The van der Waals surface area contributed by atoms with Gasteiger partial charge in [0, 0.05) is 17.4 Å². The fourth-order valence-electron chi connectivity index (χ4n) is 2.76. The maximum absolute atomic E-state index is 13.9. The number of hydrogen-bond acceptors (Lipinski definition) is 6. The number of nitrogens with one attached hydrogen (secondary N) is 2. The minimum Gasteiger partial charge on any atom is -0.423 e. The Morgan fingerprint density at radius 2 is 2.04 bits per heavy atom. The van der Waals surface area contributed by atoms with E-state index in [1.807, 2.05) is 25.1 Å². The molecule has 26 heavy (non-hydrogen) atoms. The van der Waals surface area contributed by atoms with Gasteiger partial charge >= 0.3 is 7.12 Å². The van der Waals surface area contributed by atoms with Crippen molar-refractivity contribution in [3.8, 4) is 0 Å². The van der Waals surface area contributed by atoms with Gasteiger partial charge < -0.3 is 20.3 Å². The lowest BCUT2D eigenvalue weighted by Gasteiger charge is -2.12. The minimum absolute atomic E-state index is 0.350. The predicted molar refractivity (Wildman–Crippen MR) is 98.6 cm³/mol. The topological polar surface area (TPSA) is 79.3 Å². The number of fused-ring (bicyclic) bond motifs is 1. The number of benzene rings is 2. The van der Waals surface area contributed by atoms with Gasteiger partial charge in [-0.2, -0.15) is 4.98 Å². The third kappa shape index (κ3) is 3.24. The van der Waals surface area contributed by atoms with Gasteiger partial charge in [-0.05, 0) is 42.2 Å². The van der Waals surface area contributed by atoms with Gasteiger partial charge in [-0.1, -0.05) is 18.2 Å². The van der Waals surface area contributed by atoms with E-state index in [2.05, 4.69) is 20.6 Å². The number of anilines is 4. The molecule has 0 atom stereocenters. The van der Waals surface area contributed by atoms with Crippen LogP contribution >= 0.6 is 0 Å². The highest BCUT2D eigenvalue weighted by atomic mass is 19.1. The zero-order valence-electron chi connectivity index (χ0n) is 14.0. The van der Waals surface area contributed by atoms with Crippen molar-refractivity contribution in [2.75, 3.05) is 10.6 Å². The molecule has 0 bridgehead atoms. The van der Waals surface area contributed by atoms with Crippen LogP contribution < -0.4 is 16.1 Å². The van der Waals surface area contributed by atoms with E-state index in [4.69, 9.17) is 4.65 Å². The molecule has 130 valence electrons. The Bertz CT molecular complexity index is 970. The second-order valence-electron chi connectivity index (χ2n) is 6.03. The first-order valence-corrected chi connectivity index (χ1v) is 8.15. The number of nitrogens with zero attached hydrogens (tertiary/aromatic N) is 2. The highest BCUT2D eigenvalue weighted by Gasteiger charge is 2.27. The van der Waals surface area contributed by atoms with Crippen LogP contribution in [0.1, 0.15) is 11.1 Å².